The molecular formula is C38H44N2O9. The summed E-state index contributed by atoms with van der Waals surface area (Å²) < 4.78 is 40.6. The van der Waals surface area contributed by atoms with E-state index in [9.17, 15) is 9.59 Å². The number of ether oxygens (including phenoxy) is 7. The largest absolute Gasteiger partial charge is 0.456 e. The number of carbonyl (C=O) groups excluding carboxylic acids is 2. The second kappa shape index (κ2) is 17.0. The molecular weight excluding hydrogens is 628 g/mol. The quantitative estimate of drug-likeness (QED) is 0.170. The molecule has 2 aliphatic rings. The molecule has 260 valence electrons. The first-order valence-electron chi connectivity index (χ1n) is 16.7. The predicted molar refractivity (Wildman–Crippen MR) is 184 cm³/mol. The minimum atomic E-state index is -0.181. The lowest BCUT2D eigenvalue weighted by atomic mass is 9.95. The van der Waals surface area contributed by atoms with Gasteiger partial charge in [-0.3, -0.25) is 9.59 Å². The van der Waals surface area contributed by atoms with Gasteiger partial charge < -0.3 is 43.0 Å². The van der Waals surface area contributed by atoms with Crippen LogP contribution in [0, 0.1) is 0 Å². The zero-order valence-corrected chi connectivity index (χ0v) is 28.2. The van der Waals surface area contributed by atoms with E-state index < -0.39 is 0 Å². The van der Waals surface area contributed by atoms with Gasteiger partial charge >= 0.3 is 0 Å². The Bertz CT molecular complexity index is 1620. The first kappa shape index (κ1) is 34.8. The van der Waals surface area contributed by atoms with E-state index in [1.54, 1.807) is 24.0 Å². The number of morpholine rings is 2. The van der Waals surface area contributed by atoms with Crippen molar-refractivity contribution in [3.8, 4) is 11.5 Å². The molecule has 6 rings (SSSR count). The number of carbonyl (C=O) groups is 2. The van der Waals surface area contributed by atoms with Crippen LogP contribution in [0.5, 0.6) is 11.5 Å². The van der Waals surface area contributed by atoms with E-state index in [-0.39, 0.29) is 25.0 Å². The number of hydrogen-bond donors (Lipinski definition) is 0. The zero-order valence-electron chi connectivity index (χ0n) is 28.2. The number of rotatable bonds is 14. The molecule has 0 spiro atoms. The Balaban J connectivity index is 1.53. The third-order valence-corrected chi connectivity index (χ3v) is 8.84. The molecule has 4 aromatic rings. The summed E-state index contributed by atoms with van der Waals surface area (Å²) >= 11 is 0. The molecule has 0 saturated carbocycles. The van der Waals surface area contributed by atoms with E-state index in [4.69, 9.17) is 33.2 Å². The Kier molecular flexibility index (Phi) is 12.1. The Morgan fingerprint density at radius 3 is 1.43 bits per heavy atom. The van der Waals surface area contributed by atoms with Crippen LogP contribution in [0.2, 0.25) is 0 Å². The highest BCUT2D eigenvalue weighted by molar-refractivity contribution is 6.06. The van der Waals surface area contributed by atoms with Crippen molar-refractivity contribution >= 4 is 33.4 Å². The highest BCUT2D eigenvalue weighted by Gasteiger charge is 2.31. The van der Waals surface area contributed by atoms with Crippen molar-refractivity contribution < 1.29 is 42.7 Å². The molecule has 2 amide bonds. The highest BCUT2D eigenvalue weighted by Crippen LogP contribution is 2.40. The number of benzene rings is 4. The van der Waals surface area contributed by atoms with Crippen LogP contribution in [0.25, 0.3) is 21.5 Å². The summed E-state index contributed by atoms with van der Waals surface area (Å²) in [6.07, 6.45) is 0. The van der Waals surface area contributed by atoms with Crippen LogP contribution in [-0.2, 0) is 41.6 Å². The molecule has 0 unspecified atom stereocenters. The summed E-state index contributed by atoms with van der Waals surface area (Å²) in [6.45, 7) is 5.50. The van der Waals surface area contributed by atoms with Gasteiger partial charge in [0.15, 0.2) is 0 Å². The fourth-order valence-electron chi connectivity index (χ4n) is 6.32. The van der Waals surface area contributed by atoms with Gasteiger partial charge in [-0.1, -0.05) is 48.5 Å². The second-order valence-corrected chi connectivity index (χ2v) is 11.9. The molecule has 0 bridgehead atoms. The van der Waals surface area contributed by atoms with Gasteiger partial charge in [0.1, 0.15) is 11.5 Å². The van der Waals surface area contributed by atoms with Crippen molar-refractivity contribution in [1.29, 1.82) is 0 Å². The standard InChI is InChI=1S/C38H44N2O9/c1-43-19-21-47-25-31-29-9-5-3-7-27(29)23-33(35(31)37(41)39-11-15-45-16-12-39)49-34-24-28-8-4-6-10-30(28)32(26-48-22-20-44-2)36(34)38(42)40-13-17-46-18-14-40/h3-10,23-24H,11-22,25-26H2,1-2H3. The van der Waals surface area contributed by atoms with Gasteiger partial charge in [-0.25, -0.2) is 0 Å². The first-order valence-corrected chi connectivity index (χ1v) is 16.7. The van der Waals surface area contributed by atoms with Gasteiger partial charge in [-0.2, -0.15) is 0 Å². The predicted octanol–water partition coefficient (Wildman–Crippen LogP) is 5.06. The minimum absolute atomic E-state index is 0.169. The summed E-state index contributed by atoms with van der Waals surface area (Å²) in [6, 6.07) is 19.5. The molecule has 0 radical (unpaired) electrons. The monoisotopic (exact) mass is 672 g/mol. The molecule has 11 heteroatoms. The molecule has 2 heterocycles. The van der Waals surface area contributed by atoms with E-state index in [0.717, 1.165) is 21.5 Å². The first-order chi connectivity index (χ1) is 24.1. The average molecular weight is 673 g/mol. The lowest BCUT2D eigenvalue weighted by Gasteiger charge is -2.30. The lowest BCUT2D eigenvalue weighted by molar-refractivity contribution is 0.0294. The lowest BCUT2D eigenvalue weighted by Crippen LogP contribution is -2.41. The third-order valence-electron chi connectivity index (χ3n) is 8.84. The van der Waals surface area contributed by atoms with Gasteiger partial charge in [-0.05, 0) is 33.7 Å². The van der Waals surface area contributed by atoms with Crippen LogP contribution >= 0.6 is 0 Å². The molecule has 2 fully saturated rings. The summed E-state index contributed by atoms with van der Waals surface area (Å²) in [4.78, 5) is 32.6. The molecule has 0 N–H and O–H groups in total. The fraction of sp³-hybridized carbons (Fsp3) is 0.421. The highest BCUT2D eigenvalue weighted by atomic mass is 16.5. The van der Waals surface area contributed by atoms with Crippen molar-refractivity contribution in [1.82, 2.24) is 9.80 Å². The molecule has 0 aromatic heterocycles. The number of hydrogen-bond acceptors (Lipinski definition) is 9. The molecule has 49 heavy (non-hydrogen) atoms. The number of fused-ring (bicyclic) bond motifs is 2. The van der Waals surface area contributed by atoms with E-state index in [2.05, 4.69) is 0 Å². The minimum Gasteiger partial charge on any atom is -0.456 e. The maximum absolute atomic E-state index is 14.5. The van der Waals surface area contributed by atoms with Crippen LogP contribution in [0.3, 0.4) is 0 Å². The van der Waals surface area contributed by atoms with Gasteiger partial charge in [0.25, 0.3) is 11.8 Å². The molecule has 2 saturated heterocycles. The van der Waals surface area contributed by atoms with Crippen LogP contribution < -0.4 is 4.74 Å². The Labute approximate surface area is 286 Å². The van der Waals surface area contributed by atoms with Gasteiger partial charge in [0.05, 0.1) is 77.2 Å². The maximum Gasteiger partial charge on any atom is 0.258 e. The van der Waals surface area contributed by atoms with E-state index in [0.29, 0.717) is 113 Å². The zero-order chi connectivity index (χ0) is 34.0. The number of nitrogens with zero attached hydrogens (tertiary/aromatic N) is 2. The topological polar surface area (TPSA) is 105 Å². The van der Waals surface area contributed by atoms with Gasteiger partial charge in [0.2, 0.25) is 0 Å². The smallest absolute Gasteiger partial charge is 0.258 e. The van der Waals surface area contributed by atoms with Crippen molar-refractivity contribution in [3.63, 3.8) is 0 Å². The summed E-state index contributed by atoms with van der Waals surface area (Å²) in [7, 11) is 3.24. The van der Waals surface area contributed by atoms with Crippen molar-refractivity contribution in [2.24, 2.45) is 0 Å². The molecule has 0 atom stereocenters. The summed E-state index contributed by atoms with van der Waals surface area (Å²) in [5.74, 6) is 0.329. The van der Waals surface area contributed by atoms with Crippen LogP contribution in [0.1, 0.15) is 31.8 Å². The SMILES string of the molecule is COCCOCc1c(C(=O)N2CCOCC2)c(Oc2cc3ccccc3c(COCCOC)c2C(=O)N2CCOCC2)cc2ccccc12. The molecule has 0 aliphatic carbocycles. The fourth-order valence-corrected chi connectivity index (χ4v) is 6.32. The van der Waals surface area contributed by atoms with Gasteiger partial charge in [-0.15, -0.1) is 0 Å². The third kappa shape index (κ3) is 8.04. The van der Waals surface area contributed by atoms with Crippen molar-refractivity contribution in [2.45, 2.75) is 13.2 Å². The van der Waals surface area contributed by atoms with E-state index in [1.165, 1.54) is 0 Å². The van der Waals surface area contributed by atoms with E-state index in [1.807, 2.05) is 60.7 Å². The molecule has 11 nitrogen and oxygen atoms in total. The maximum atomic E-state index is 14.5. The van der Waals surface area contributed by atoms with Crippen molar-refractivity contribution in [2.75, 3.05) is 93.3 Å². The Hall–Kier alpha value is -4.10. The summed E-state index contributed by atoms with van der Waals surface area (Å²) in [5.41, 5.74) is 2.22. The molecule has 4 aromatic carbocycles. The van der Waals surface area contributed by atoms with Crippen LogP contribution in [-0.4, -0.2) is 115 Å². The van der Waals surface area contributed by atoms with Gasteiger partial charge in [0, 0.05) is 51.5 Å². The normalized spacial score (nSPS) is 15.2. The second-order valence-electron chi connectivity index (χ2n) is 11.9. The number of amides is 2. The van der Waals surface area contributed by atoms with Crippen molar-refractivity contribution in [3.05, 3.63) is 82.9 Å². The Morgan fingerprint density at radius 2 is 1.02 bits per heavy atom. The van der Waals surface area contributed by atoms with E-state index >= 15 is 0 Å². The number of methoxy groups -OCH3 is 2. The van der Waals surface area contributed by atoms with Crippen LogP contribution in [0.15, 0.2) is 60.7 Å². The van der Waals surface area contributed by atoms with Crippen LogP contribution in [0.4, 0.5) is 0 Å². The average Bonchev–Trinajstić information content (AvgIpc) is 3.15. The Morgan fingerprint density at radius 1 is 0.612 bits per heavy atom. The summed E-state index contributed by atoms with van der Waals surface area (Å²) in [5, 5.41) is 3.54. The molecule has 2 aliphatic heterocycles.